The maximum atomic E-state index is 13.8. The van der Waals surface area contributed by atoms with Crippen LogP contribution >= 0.6 is 0 Å². The Bertz CT molecular complexity index is 2200. The number of benzene rings is 2. The highest BCUT2D eigenvalue weighted by Crippen LogP contribution is 2.35. The quantitative estimate of drug-likeness (QED) is 0.146. The summed E-state index contributed by atoms with van der Waals surface area (Å²) in [6, 6.07) is 15.2. The largest absolute Gasteiger partial charge is 0.444 e. The average molecular weight is 834 g/mol. The van der Waals surface area contributed by atoms with E-state index in [1.54, 1.807) is 78.5 Å². The zero-order valence-corrected chi connectivity index (χ0v) is 36.5. The second kappa shape index (κ2) is 17.5. The number of rotatable bonds is 9. The van der Waals surface area contributed by atoms with Gasteiger partial charge in [-0.15, -0.1) is 0 Å². The van der Waals surface area contributed by atoms with Gasteiger partial charge in [-0.3, -0.25) is 0 Å². The van der Waals surface area contributed by atoms with Crippen LogP contribution in [0, 0.1) is 0 Å². The number of nitrogens with zero attached hydrogens (tertiary/aromatic N) is 5. The summed E-state index contributed by atoms with van der Waals surface area (Å²) in [6.07, 6.45) is 0.247. The number of amides is 3. The van der Waals surface area contributed by atoms with Gasteiger partial charge in [0.05, 0.1) is 22.0 Å². The molecule has 2 aromatic heterocycles. The molecule has 0 N–H and O–H groups in total. The summed E-state index contributed by atoms with van der Waals surface area (Å²) in [6.45, 7) is 20.1. The SMILES string of the molecule is CC(C)S(=O)(=O)c1ccc(-c2cnc(N(C(=O)OC(C)(C)C)C(=O)OC(C)(C)C)c(-c3cc(-c4ccc(CN(C(=O)OC(C)(C)C)C5CCOCC5)cc4)no3)n2)cc1. The highest BCUT2D eigenvalue weighted by atomic mass is 32.2. The van der Waals surface area contributed by atoms with Crippen LogP contribution < -0.4 is 4.90 Å². The van der Waals surface area contributed by atoms with Gasteiger partial charge in [0.1, 0.15) is 22.5 Å². The van der Waals surface area contributed by atoms with Gasteiger partial charge in [0, 0.05) is 43.0 Å². The molecule has 15 nitrogen and oxygen atoms in total. The molecule has 3 amide bonds. The third kappa shape index (κ3) is 11.7. The molecule has 2 aromatic carbocycles. The van der Waals surface area contributed by atoms with Crippen LogP contribution in [0.15, 0.2) is 70.2 Å². The third-order valence-electron chi connectivity index (χ3n) is 8.82. The first-order valence-electron chi connectivity index (χ1n) is 19.5. The fourth-order valence-electron chi connectivity index (χ4n) is 5.96. The van der Waals surface area contributed by atoms with Crippen molar-refractivity contribution in [3.05, 3.63) is 66.4 Å². The summed E-state index contributed by atoms with van der Waals surface area (Å²) in [5, 5.41) is 3.68. The van der Waals surface area contributed by atoms with Crippen LogP contribution in [0.5, 0.6) is 0 Å². The van der Waals surface area contributed by atoms with Crippen molar-refractivity contribution in [3.63, 3.8) is 0 Å². The Kier molecular flexibility index (Phi) is 13.3. The van der Waals surface area contributed by atoms with E-state index in [1.165, 1.54) is 18.3 Å². The number of ether oxygens (including phenoxy) is 4. The second-order valence-corrected chi connectivity index (χ2v) is 20.1. The molecule has 5 rings (SSSR count). The van der Waals surface area contributed by atoms with Crippen molar-refractivity contribution in [3.8, 4) is 34.0 Å². The van der Waals surface area contributed by atoms with E-state index in [1.807, 2.05) is 45.0 Å². The summed E-state index contributed by atoms with van der Waals surface area (Å²) >= 11 is 0. The lowest BCUT2D eigenvalue weighted by Crippen LogP contribution is -2.45. The lowest BCUT2D eigenvalue weighted by atomic mass is 10.0. The normalized spacial score (nSPS) is 14.2. The van der Waals surface area contributed by atoms with Crippen molar-refractivity contribution in [2.75, 3.05) is 18.1 Å². The monoisotopic (exact) mass is 833 g/mol. The van der Waals surface area contributed by atoms with Gasteiger partial charge in [-0.2, -0.15) is 4.90 Å². The van der Waals surface area contributed by atoms with Crippen molar-refractivity contribution in [1.82, 2.24) is 20.0 Å². The van der Waals surface area contributed by atoms with Crippen molar-refractivity contribution in [1.29, 1.82) is 0 Å². The molecule has 59 heavy (non-hydrogen) atoms. The van der Waals surface area contributed by atoms with Gasteiger partial charge in [-0.25, -0.2) is 32.8 Å². The topological polar surface area (TPSA) is 181 Å². The number of anilines is 1. The Morgan fingerprint density at radius 1 is 0.763 bits per heavy atom. The second-order valence-electron chi connectivity index (χ2n) is 17.6. The first kappa shape index (κ1) is 44.7. The molecule has 0 atom stereocenters. The molecule has 0 bridgehead atoms. The lowest BCUT2D eigenvalue weighted by Gasteiger charge is -2.35. The van der Waals surface area contributed by atoms with Crippen molar-refractivity contribution < 1.29 is 46.3 Å². The van der Waals surface area contributed by atoms with E-state index in [9.17, 15) is 22.8 Å². The lowest BCUT2D eigenvalue weighted by molar-refractivity contribution is -0.00813. The van der Waals surface area contributed by atoms with Crippen LogP contribution in [0.4, 0.5) is 20.2 Å². The molecule has 4 aromatic rings. The van der Waals surface area contributed by atoms with Crippen molar-refractivity contribution in [2.45, 2.75) is 129 Å². The first-order valence-corrected chi connectivity index (χ1v) is 21.1. The standard InChI is InChI=1S/C43H55N5O10S/c1-27(2)59(52,53)32-18-16-30(17-19-32)34-25-44-37(48(39(50)56-42(6,7)8)40(51)57-43(9,10)11)36(45-34)35-24-33(46-58-35)29-14-12-28(13-15-29)26-47(31-20-22-54-23-21-31)38(49)55-41(3,4)5/h12-19,24-25,27,31H,20-23,26H2,1-11H3. The fraction of sp³-hybridized carbons (Fsp3) is 0.488. The number of imide groups is 1. The first-order chi connectivity index (χ1) is 27.4. The Hall–Kier alpha value is -5.35. The Morgan fingerprint density at radius 2 is 1.27 bits per heavy atom. The molecule has 0 unspecified atom stereocenters. The van der Waals surface area contributed by atoms with E-state index in [-0.39, 0.29) is 33.9 Å². The molecule has 1 fully saturated rings. The van der Waals surface area contributed by atoms with E-state index in [0.717, 1.165) is 5.56 Å². The van der Waals surface area contributed by atoms with E-state index >= 15 is 0 Å². The Morgan fingerprint density at radius 3 is 1.80 bits per heavy atom. The predicted octanol–water partition coefficient (Wildman–Crippen LogP) is 9.24. The van der Waals surface area contributed by atoms with Gasteiger partial charge in [-0.05, 0) is 107 Å². The molecular weight excluding hydrogens is 779 g/mol. The molecule has 0 spiro atoms. The summed E-state index contributed by atoms with van der Waals surface area (Å²) in [4.78, 5) is 52.7. The molecule has 0 saturated carbocycles. The summed E-state index contributed by atoms with van der Waals surface area (Å²) < 4.78 is 54.0. The molecule has 318 valence electrons. The number of carbonyl (C=O) groups is 3. The van der Waals surface area contributed by atoms with Crippen LogP contribution in [-0.4, -0.2) is 88.0 Å². The van der Waals surface area contributed by atoms with Crippen LogP contribution in [0.25, 0.3) is 34.0 Å². The zero-order chi connectivity index (χ0) is 43.5. The Labute approximate surface area is 346 Å². The minimum Gasteiger partial charge on any atom is -0.444 e. The number of aromatic nitrogens is 3. The predicted molar refractivity (Wildman–Crippen MR) is 221 cm³/mol. The number of carbonyl (C=O) groups excluding carboxylic acids is 3. The third-order valence-corrected chi connectivity index (χ3v) is 11.0. The van der Waals surface area contributed by atoms with E-state index in [4.69, 9.17) is 28.5 Å². The molecule has 1 saturated heterocycles. The minimum atomic E-state index is -3.54. The summed E-state index contributed by atoms with van der Waals surface area (Å²) in [7, 11) is -3.54. The smallest absolute Gasteiger partial charge is 0.425 e. The summed E-state index contributed by atoms with van der Waals surface area (Å²) in [5.74, 6) is -0.190. The highest BCUT2D eigenvalue weighted by Gasteiger charge is 2.37. The van der Waals surface area contributed by atoms with E-state index in [0.29, 0.717) is 54.3 Å². The fourth-order valence-corrected chi connectivity index (χ4v) is 7.02. The summed E-state index contributed by atoms with van der Waals surface area (Å²) in [5.41, 5.74) is 0.0391. The van der Waals surface area contributed by atoms with Gasteiger partial charge in [-0.1, -0.05) is 41.6 Å². The van der Waals surface area contributed by atoms with Crippen LogP contribution in [0.2, 0.25) is 0 Å². The van der Waals surface area contributed by atoms with Crippen LogP contribution in [-0.2, 0) is 35.3 Å². The molecule has 1 aliphatic heterocycles. The van der Waals surface area contributed by atoms with Crippen LogP contribution in [0.3, 0.4) is 0 Å². The highest BCUT2D eigenvalue weighted by molar-refractivity contribution is 7.92. The number of hydrogen-bond donors (Lipinski definition) is 0. The molecule has 3 heterocycles. The maximum Gasteiger partial charge on any atom is 0.425 e. The average Bonchev–Trinajstić information content (AvgIpc) is 3.63. The van der Waals surface area contributed by atoms with Gasteiger partial charge < -0.3 is 28.4 Å². The zero-order valence-electron chi connectivity index (χ0n) is 35.7. The molecule has 1 aliphatic rings. The van der Waals surface area contributed by atoms with Gasteiger partial charge in [0.15, 0.2) is 27.1 Å². The Balaban J connectivity index is 1.55. The van der Waals surface area contributed by atoms with Gasteiger partial charge >= 0.3 is 18.3 Å². The van der Waals surface area contributed by atoms with Crippen molar-refractivity contribution in [2.24, 2.45) is 0 Å². The number of sulfone groups is 1. The maximum absolute atomic E-state index is 13.8. The van der Waals surface area contributed by atoms with Gasteiger partial charge in [0.2, 0.25) is 0 Å². The molecular formula is C43H55N5O10S. The minimum absolute atomic E-state index is 0.0330. The number of hydrogen-bond acceptors (Lipinski definition) is 13. The van der Waals surface area contributed by atoms with Gasteiger partial charge in [0.25, 0.3) is 0 Å². The molecule has 0 aliphatic carbocycles. The van der Waals surface area contributed by atoms with E-state index < -0.39 is 50.2 Å². The van der Waals surface area contributed by atoms with E-state index in [2.05, 4.69) is 10.1 Å². The van der Waals surface area contributed by atoms with Crippen molar-refractivity contribution >= 4 is 33.9 Å². The molecule has 16 heteroatoms. The van der Waals surface area contributed by atoms with Crippen LogP contribution in [0.1, 0.15) is 94.6 Å². The molecule has 0 radical (unpaired) electrons.